The van der Waals surface area contributed by atoms with Crippen molar-refractivity contribution in [1.29, 1.82) is 0 Å². The molecule has 2 aromatic rings. The molecule has 0 saturated carbocycles. The van der Waals surface area contributed by atoms with E-state index in [4.69, 9.17) is 0 Å². The Hall–Kier alpha value is -1.56. The molecule has 0 spiro atoms. The lowest BCUT2D eigenvalue weighted by molar-refractivity contribution is 0.0983. The zero-order chi connectivity index (χ0) is 9.97. The largest absolute Gasteiger partial charge is 0.290 e. The Morgan fingerprint density at radius 2 is 2.50 bits per heavy atom. The number of nitrogens with zero attached hydrogens (tertiary/aromatic N) is 3. The number of thiazole rings is 1. The van der Waals surface area contributed by atoms with Crippen LogP contribution in [0.15, 0.2) is 11.7 Å². The topological polar surface area (TPSA) is 71.5 Å². The van der Waals surface area contributed by atoms with E-state index in [1.165, 1.54) is 17.7 Å². The molecule has 0 atom stereocenters. The summed E-state index contributed by atoms with van der Waals surface area (Å²) < 4.78 is 0. The monoisotopic (exact) mass is 208 g/mol. The highest BCUT2D eigenvalue weighted by Gasteiger charge is 2.11. The number of carbonyl (C=O) groups is 1. The molecule has 0 bridgehead atoms. The summed E-state index contributed by atoms with van der Waals surface area (Å²) in [6, 6.07) is 0. The molecule has 0 unspecified atom stereocenters. The molecule has 0 aliphatic carbocycles. The number of hydrogen-bond acceptors (Lipinski definition) is 5. The molecule has 2 heterocycles. The average Bonchev–Trinajstić information content (AvgIpc) is 2.75. The molecule has 2 rings (SSSR count). The van der Waals surface area contributed by atoms with Gasteiger partial charge in [0.1, 0.15) is 11.3 Å². The van der Waals surface area contributed by atoms with Crippen molar-refractivity contribution < 1.29 is 4.79 Å². The van der Waals surface area contributed by atoms with E-state index in [1.807, 2.05) is 12.3 Å². The first-order valence-corrected chi connectivity index (χ1v) is 4.93. The molecule has 5 nitrogen and oxygen atoms in total. The molecule has 0 amide bonds. The third kappa shape index (κ3) is 1.85. The Bertz CT molecular complexity index is 434. The van der Waals surface area contributed by atoms with Gasteiger partial charge in [0.25, 0.3) is 0 Å². The Kier molecular flexibility index (Phi) is 2.36. The normalized spacial score (nSPS) is 10.4. The minimum absolute atomic E-state index is 0.0862. The highest BCUT2D eigenvalue weighted by atomic mass is 32.1. The Balaban J connectivity index is 2.09. The third-order valence-corrected chi connectivity index (χ3v) is 2.62. The van der Waals surface area contributed by atoms with E-state index in [2.05, 4.69) is 20.2 Å². The van der Waals surface area contributed by atoms with E-state index < -0.39 is 0 Å². The van der Waals surface area contributed by atoms with Crippen molar-refractivity contribution >= 4 is 17.1 Å². The predicted octanol–water partition coefficient (Wildman–Crippen LogP) is 0.995. The summed E-state index contributed by atoms with van der Waals surface area (Å²) in [7, 11) is 0. The maximum Gasteiger partial charge on any atom is 0.206 e. The second-order valence-electron chi connectivity index (χ2n) is 2.82. The van der Waals surface area contributed by atoms with Gasteiger partial charge >= 0.3 is 0 Å². The molecule has 2 aromatic heterocycles. The van der Waals surface area contributed by atoms with Crippen molar-refractivity contribution in [1.82, 2.24) is 20.2 Å². The first kappa shape index (κ1) is 9.01. The summed E-state index contributed by atoms with van der Waals surface area (Å²) >= 11 is 1.48. The van der Waals surface area contributed by atoms with E-state index >= 15 is 0 Å². The van der Waals surface area contributed by atoms with E-state index in [1.54, 1.807) is 0 Å². The number of hydrogen-bond donors (Lipinski definition) is 1. The maximum absolute atomic E-state index is 11.5. The van der Waals surface area contributed by atoms with E-state index in [0.29, 0.717) is 0 Å². The van der Waals surface area contributed by atoms with Gasteiger partial charge in [-0.05, 0) is 6.92 Å². The van der Waals surface area contributed by atoms with Gasteiger partial charge in [-0.15, -0.1) is 11.3 Å². The molecule has 1 N–H and O–H groups in total. The molecule has 0 saturated heterocycles. The number of H-pyrrole nitrogens is 1. The second-order valence-corrected chi connectivity index (χ2v) is 3.76. The highest BCUT2D eigenvalue weighted by Crippen LogP contribution is 2.10. The van der Waals surface area contributed by atoms with Crippen LogP contribution < -0.4 is 0 Å². The van der Waals surface area contributed by atoms with Gasteiger partial charge in [0.05, 0.1) is 6.42 Å². The molecule has 0 fully saturated rings. The number of nitrogens with one attached hydrogen (secondary N) is 1. The lowest BCUT2D eigenvalue weighted by Gasteiger charge is -1.91. The quantitative estimate of drug-likeness (QED) is 0.764. The van der Waals surface area contributed by atoms with Gasteiger partial charge in [0, 0.05) is 11.1 Å². The Morgan fingerprint density at radius 1 is 1.64 bits per heavy atom. The number of aromatic amines is 1. The van der Waals surface area contributed by atoms with Crippen molar-refractivity contribution in [3.05, 3.63) is 28.2 Å². The van der Waals surface area contributed by atoms with Gasteiger partial charge in [-0.1, -0.05) is 0 Å². The van der Waals surface area contributed by atoms with Crippen LogP contribution in [-0.2, 0) is 6.42 Å². The zero-order valence-electron chi connectivity index (χ0n) is 7.52. The molecular formula is C8H8N4OS. The second kappa shape index (κ2) is 3.67. The van der Waals surface area contributed by atoms with Crippen LogP contribution in [0.1, 0.15) is 21.3 Å². The van der Waals surface area contributed by atoms with Crippen LogP contribution in [0, 0.1) is 6.92 Å². The lowest BCUT2D eigenvalue weighted by Crippen LogP contribution is -2.05. The summed E-state index contributed by atoms with van der Waals surface area (Å²) in [6.45, 7) is 1.90. The summed E-state index contributed by atoms with van der Waals surface area (Å²) in [5, 5.41) is 8.88. The van der Waals surface area contributed by atoms with Crippen LogP contribution in [0.5, 0.6) is 0 Å². The molecule has 0 aliphatic heterocycles. The van der Waals surface area contributed by atoms with Crippen LogP contribution in [0.25, 0.3) is 0 Å². The minimum atomic E-state index is -0.0862. The number of aryl methyl sites for hydroxylation is 1. The van der Waals surface area contributed by atoms with Gasteiger partial charge in [-0.3, -0.25) is 9.89 Å². The molecule has 72 valence electrons. The van der Waals surface area contributed by atoms with Crippen molar-refractivity contribution in [2.45, 2.75) is 13.3 Å². The first-order valence-electron chi connectivity index (χ1n) is 4.05. The van der Waals surface area contributed by atoms with Gasteiger partial charge in [-0.25, -0.2) is 9.97 Å². The van der Waals surface area contributed by atoms with Crippen molar-refractivity contribution in [3.8, 4) is 0 Å². The number of carbonyl (C=O) groups excluding carboxylic acids is 1. The first-order chi connectivity index (χ1) is 6.75. The van der Waals surface area contributed by atoms with Gasteiger partial charge in [-0.2, -0.15) is 5.10 Å². The molecule has 6 heteroatoms. The number of rotatable bonds is 3. The van der Waals surface area contributed by atoms with Crippen LogP contribution >= 0.6 is 11.3 Å². The van der Waals surface area contributed by atoms with Crippen LogP contribution in [0.4, 0.5) is 0 Å². The van der Waals surface area contributed by atoms with Gasteiger partial charge in [0.2, 0.25) is 5.78 Å². The summed E-state index contributed by atoms with van der Waals surface area (Å²) in [5.41, 5.74) is 0.940. The van der Waals surface area contributed by atoms with Gasteiger partial charge < -0.3 is 0 Å². The van der Waals surface area contributed by atoms with Crippen molar-refractivity contribution in [2.24, 2.45) is 0 Å². The standard InChI is InChI=1S/C8H8N4OS/c1-5-3-14-7(11-5)2-6(13)8-9-4-10-12-8/h3-4H,2H2,1H3,(H,9,10,12). The van der Waals surface area contributed by atoms with Crippen LogP contribution in [-0.4, -0.2) is 25.9 Å². The minimum Gasteiger partial charge on any atom is -0.290 e. The Labute approximate surface area is 84.2 Å². The predicted molar refractivity (Wildman–Crippen MR) is 51.3 cm³/mol. The average molecular weight is 208 g/mol. The van der Waals surface area contributed by atoms with E-state index in [-0.39, 0.29) is 18.0 Å². The lowest BCUT2D eigenvalue weighted by atomic mass is 10.3. The molecular weight excluding hydrogens is 200 g/mol. The van der Waals surface area contributed by atoms with E-state index in [9.17, 15) is 4.79 Å². The fourth-order valence-electron chi connectivity index (χ4n) is 1.04. The Morgan fingerprint density at radius 3 is 3.07 bits per heavy atom. The van der Waals surface area contributed by atoms with Gasteiger partial charge in [0.15, 0.2) is 5.82 Å². The molecule has 0 radical (unpaired) electrons. The molecule has 0 aliphatic rings. The highest BCUT2D eigenvalue weighted by molar-refractivity contribution is 7.09. The summed E-state index contributed by atoms with van der Waals surface area (Å²) in [4.78, 5) is 19.5. The maximum atomic E-state index is 11.5. The fraction of sp³-hybridized carbons (Fsp3) is 0.250. The molecule has 0 aromatic carbocycles. The smallest absolute Gasteiger partial charge is 0.206 e. The summed E-state index contributed by atoms with van der Waals surface area (Å²) in [5.74, 6) is 0.203. The number of aromatic nitrogens is 4. The summed E-state index contributed by atoms with van der Waals surface area (Å²) in [6.07, 6.45) is 1.61. The van der Waals surface area contributed by atoms with Crippen LogP contribution in [0.3, 0.4) is 0 Å². The SMILES string of the molecule is Cc1csc(CC(=O)c2ncn[nH]2)n1. The fourth-order valence-corrected chi connectivity index (χ4v) is 1.82. The van der Waals surface area contributed by atoms with Crippen molar-refractivity contribution in [3.63, 3.8) is 0 Å². The third-order valence-electron chi connectivity index (χ3n) is 1.66. The zero-order valence-corrected chi connectivity index (χ0v) is 8.34. The number of ketones is 1. The van der Waals surface area contributed by atoms with Crippen LogP contribution in [0.2, 0.25) is 0 Å². The molecule has 14 heavy (non-hydrogen) atoms. The van der Waals surface area contributed by atoms with E-state index in [0.717, 1.165) is 10.7 Å². The number of Topliss-reactive ketones (excluding diaryl/α,β-unsaturated/α-hetero) is 1. The van der Waals surface area contributed by atoms with Crippen molar-refractivity contribution in [2.75, 3.05) is 0 Å².